The first-order chi connectivity index (χ1) is 10.2. The number of nitrogens with one attached hydrogen (secondary N) is 1. The fourth-order valence-electron chi connectivity index (χ4n) is 2.23. The zero-order valence-electron chi connectivity index (χ0n) is 12.4. The van der Waals surface area contributed by atoms with E-state index in [4.69, 9.17) is 0 Å². The van der Waals surface area contributed by atoms with Crippen LogP contribution in [0.15, 0.2) is 36.7 Å². The first kappa shape index (κ1) is 15.2. The van der Waals surface area contributed by atoms with Gasteiger partial charge in [-0.15, -0.1) is 5.10 Å². The third-order valence-corrected chi connectivity index (χ3v) is 3.32. The zero-order valence-corrected chi connectivity index (χ0v) is 12.4. The first-order valence-corrected chi connectivity index (χ1v) is 7.22. The molecule has 6 nitrogen and oxygen atoms in total. The summed E-state index contributed by atoms with van der Waals surface area (Å²) in [5.41, 5.74) is 1.14. The fraction of sp³-hybridized carbons (Fsp3) is 0.467. The van der Waals surface area contributed by atoms with Gasteiger partial charge in [0.15, 0.2) is 0 Å². The second-order valence-electron chi connectivity index (χ2n) is 5.38. The van der Waals surface area contributed by atoms with Crippen molar-refractivity contribution in [2.75, 3.05) is 0 Å². The second kappa shape index (κ2) is 7.52. The monoisotopic (exact) mass is 287 g/mol. The van der Waals surface area contributed by atoms with E-state index in [-0.39, 0.29) is 11.9 Å². The van der Waals surface area contributed by atoms with Gasteiger partial charge in [-0.2, -0.15) is 0 Å². The van der Waals surface area contributed by atoms with Crippen molar-refractivity contribution in [2.45, 2.75) is 39.3 Å². The van der Waals surface area contributed by atoms with E-state index in [1.165, 1.54) is 0 Å². The zero-order chi connectivity index (χ0) is 15.1. The van der Waals surface area contributed by atoms with E-state index in [1.54, 1.807) is 11.0 Å². The summed E-state index contributed by atoms with van der Waals surface area (Å²) in [5.74, 6) is 0.404. The quantitative estimate of drug-likeness (QED) is 0.845. The molecule has 1 amide bonds. The average molecular weight is 287 g/mol. The van der Waals surface area contributed by atoms with Crippen molar-refractivity contribution >= 4 is 5.91 Å². The first-order valence-electron chi connectivity index (χ1n) is 7.22. The number of tetrazole rings is 1. The number of rotatable bonds is 7. The Hall–Kier alpha value is -2.24. The van der Waals surface area contributed by atoms with Gasteiger partial charge in [0.25, 0.3) is 0 Å². The van der Waals surface area contributed by atoms with Crippen LogP contribution in [0.1, 0.15) is 38.3 Å². The molecule has 6 heteroatoms. The molecule has 0 aliphatic carbocycles. The van der Waals surface area contributed by atoms with Crippen LogP contribution < -0.4 is 5.32 Å². The Morgan fingerprint density at radius 2 is 2.05 bits per heavy atom. The van der Waals surface area contributed by atoms with Gasteiger partial charge in [-0.1, -0.05) is 44.2 Å². The Balaban J connectivity index is 1.84. The minimum Gasteiger partial charge on any atom is -0.349 e. The van der Waals surface area contributed by atoms with Crippen LogP contribution in [0.4, 0.5) is 0 Å². The summed E-state index contributed by atoms with van der Waals surface area (Å²) in [6.45, 7) is 4.87. The lowest BCUT2D eigenvalue weighted by molar-refractivity contribution is -0.122. The molecule has 1 N–H and O–H groups in total. The van der Waals surface area contributed by atoms with Crippen molar-refractivity contribution in [3.05, 3.63) is 42.2 Å². The minimum atomic E-state index is 0.0479. The van der Waals surface area contributed by atoms with E-state index in [1.807, 2.05) is 30.3 Å². The largest absolute Gasteiger partial charge is 0.349 e. The molecule has 0 spiro atoms. The number of nitrogens with zero attached hydrogens (tertiary/aromatic N) is 4. The lowest BCUT2D eigenvalue weighted by atomic mass is 9.96. The smallest absolute Gasteiger partial charge is 0.220 e. The summed E-state index contributed by atoms with van der Waals surface area (Å²) >= 11 is 0. The highest BCUT2D eigenvalue weighted by atomic mass is 16.1. The van der Waals surface area contributed by atoms with E-state index >= 15 is 0 Å². The Labute approximate surface area is 124 Å². The standard InChI is InChI=1S/C15H21N5O/c1-12(2)15(13-7-4-3-5-8-13)17-14(21)9-6-10-20-11-16-18-19-20/h3-5,7-8,11-12,15H,6,9-10H2,1-2H3,(H,17,21)/t15-/m0/s1. The highest BCUT2D eigenvalue weighted by molar-refractivity contribution is 5.76. The van der Waals surface area contributed by atoms with Gasteiger partial charge >= 0.3 is 0 Å². The normalized spacial score (nSPS) is 12.3. The van der Waals surface area contributed by atoms with Crippen LogP contribution >= 0.6 is 0 Å². The molecule has 1 heterocycles. The molecule has 1 atom stereocenters. The molecule has 0 radical (unpaired) electrons. The highest BCUT2D eigenvalue weighted by Gasteiger charge is 2.17. The summed E-state index contributed by atoms with van der Waals surface area (Å²) < 4.78 is 1.63. The number of aromatic nitrogens is 4. The van der Waals surface area contributed by atoms with Gasteiger partial charge in [-0.25, -0.2) is 4.68 Å². The number of aryl methyl sites for hydroxylation is 1. The molecule has 0 aliphatic heterocycles. The van der Waals surface area contributed by atoms with Gasteiger partial charge in [0.05, 0.1) is 6.04 Å². The summed E-state index contributed by atoms with van der Waals surface area (Å²) in [4.78, 5) is 12.1. The number of carbonyl (C=O) groups is 1. The maximum absolute atomic E-state index is 12.1. The van der Waals surface area contributed by atoms with Gasteiger partial charge in [-0.05, 0) is 28.3 Å². The molecule has 0 aliphatic rings. The predicted octanol–water partition coefficient (Wildman–Crippen LogP) is 1.97. The molecule has 2 aromatic rings. The molecule has 1 aromatic heterocycles. The van der Waals surface area contributed by atoms with Crippen LogP contribution in [0, 0.1) is 5.92 Å². The van der Waals surface area contributed by atoms with Crippen molar-refractivity contribution in [2.24, 2.45) is 5.92 Å². The molecule has 0 bridgehead atoms. The number of hydrogen-bond donors (Lipinski definition) is 1. The SMILES string of the molecule is CC(C)[C@H](NC(=O)CCCn1cnnn1)c1ccccc1. The topological polar surface area (TPSA) is 72.7 Å². The van der Waals surface area contributed by atoms with E-state index in [9.17, 15) is 4.79 Å². The lowest BCUT2D eigenvalue weighted by Crippen LogP contribution is -2.31. The van der Waals surface area contributed by atoms with Crippen LogP contribution in [0.25, 0.3) is 0 Å². The van der Waals surface area contributed by atoms with Crippen LogP contribution in [-0.2, 0) is 11.3 Å². The lowest BCUT2D eigenvalue weighted by Gasteiger charge is -2.23. The Bertz CT molecular complexity index is 538. The van der Waals surface area contributed by atoms with Gasteiger partial charge < -0.3 is 5.32 Å². The number of carbonyl (C=O) groups excluding carboxylic acids is 1. The Morgan fingerprint density at radius 1 is 1.29 bits per heavy atom. The van der Waals surface area contributed by atoms with Crippen LogP contribution in [0.5, 0.6) is 0 Å². The van der Waals surface area contributed by atoms with E-state index in [0.717, 1.165) is 12.0 Å². The second-order valence-corrected chi connectivity index (χ2v) is 5.38. The maximum Gasteiger partial charge on any atom is 0.220 e. The van der Waals surface area contributed by atoms with E-state index in [0.29, 0.717) is 18.9 Å². The van der Waals surface area contributed by atoms with Crippen LogP contribution in [-0.4, -0.2) is 26.1 Å². The van der Waals surface area contributed by atoms with E-state index in [2.05, 4.69) is 34.7 Å². The summed E-state index contributed by atoms with van der Waals surface area (Å²) in [7, 11) is 0. The molecular formula is C15H21N5O. The molecule has 0 unspecified atom stereocenters. The van der Waals surface area contributed by atoms with Gasteiger partial charge in [-0.3, -0.25) is 4.79 Å². The molecule has 112 valence electrons. The minimum absolute atomic E-state index is 0.0479. The van der Waals surface area contributed by atoms with E-state index < -0.39 is 0 Å². The molecule has 0 fully saturated rings. The van der Waals surface area contributed by atoms with Gasteiger partial charge in [0.2, 0.25) is 5.91 Å². The van der Waals surface area contributed by atoms with Crippen molar-refractivity contribution in [3.63, 3.8) is 0 Å². The molecule has 0 saturated carbocycles. The Morgan fingerprint density at radius 3 is 2.67 bits per heavy atom. The fourth-order valence-corrected chi connectivity index (χ4v) is 2.23. The van der Waals surface area contributed by atoms with Gasteiger partial charge in [0.1, 0.15) is 6.33 Å². The molecule has 21 heavy (non-hydrogen) atoms. The van der Waals surface area contributed by atoms with Crippen LogP contribution in [0.3, 0.4) is 0 Å². The Kier molecular flexibility index (Phi) is 5.43. The summed E-state index contributed by atoms with van der Waals surface area (Å²) in [6, 6.07) is 10.1. The number of amides is 1. The van der Waals surface area contributed by atoms with Gasteiger partial charge in [0, 0.05) is 13.0 Å². The maximum atomic E-state index is 12.1. The van der Waals surface area contributed by atoms with Crippen molar-refractivity contribution in [1.29, 1.82) is 0 Å². The van der Waals surface area contributed by atoms with Crippen molar-refractivity contribution in [1.82, 2.24) is 25.5 Å². The highest BCUT2D eigenvalue weighted by Crippen LogP contribution is 2.21. The molecule has 1 aromatic carbocycles. The third-order valence-electron chi connectivity index (χ3n) is 3.32. The van der Waals surface area contributed by atoms with Crippen molar-refractivity contribution < 1.29 is 4.79 Å². The third kappa shape index (κ3) is 4.66. The molecule has 0 saturated heterocycles. The molecule has 2 rings (SSSR count). The van der Waals surface area contributed by atoms with Crippen molar-refractivity contribution in [3.8, 4) is 0 Å². The predicted molar refractivity (Wildman–Crippen MR) is 79.2 cm³/mol. The molecular weight excluding hydrogens is 266 g/mol. The summed E-state index contributed by atoms with van der Waals surface area (Å²) in [6.07, 6.45) is 2.74. The number of benzene rings is 1. The average Bonchev–Trinajstić information content (AvgIpc) is 2.98. The van der Waals surface area contributed by atoms with Crippen LogP contribution in [0.2, 0.25) is 0 Å². The summed E-state index contributed by atoms with van der Waals surface area (Å²) in [5, 5.41) is 14.0. The number of hydrogen-bond acceptors (Lipinski definition) is 4.